The lowest BCUT2D eigenvalue weighted by Gasteiger charge is -2.24. The van der Waals surface area contributed by atoms with Gasteiger partial charge < -0.3 is 24.8 Å². The summed E-state index contributed by atoms with van der Waals surface area (Å²) in [4.78, 5) is 37.1. The van der Waals surface area contributed by atoms with Crippen LogP contribution in [-0.4, -0.2) is 39.7 Å². The van der Waals surface area contributed by atoms with Gasteiger partial charge in [-0.25, -0.2) is 9.18 Å². The highest BCUT2D eigenvalue weighted by Crippen LogP contribution is 2.35. The molecule has 0 unspecified atom stereocenters. The number of ether oxygens (including phenoxy) is 1. The van der Waals surface area contributed by atoms with Crippen LogP contribution in [0, 0.1) is 5.82 Å². The fourth-order valence-electron chi connectivity index (χ4n) is 3.24. The topological polar surface area (TPSA) is 121 Å². The smallest absolute Gasteiger partial charge is 0.505 e. The van der Waals surface area contributed by atoms with Crippen molar-refractivity contribution < 1.29 is 42.1 Å². The van der Waals surface area contributed by atoms with Crippen LogP contribution in [0.3, 0.4) is 0 Å². The van der Waals surface area contributed by atoms with Crippen molar-refractivity contribution in [3.63, 3.8) is 0 Å². The molecule has 0 aliphatic heterocycles. The minimum atomic E-state index is -4.94. The number of aliphatic carboxylic acids is 1. The maximum absolute atomic E-state index is 15.0. The lowest BCUT2D eigenvalue weighted by molar-refractivity contribution is -0.274. The normalized spacial score (nSPS) is 11.1. The summed E-state index contributed by atoms with van der Waals surface area (Å²) in [6, 6.07) is 8.00. The van der Waals surface area contributed by atoms with E-state index in [2.05, 4.69) is 10.1 Å². The Bertz CT molecular complexity index is 1360. The van der Waals surface area contributed by atoms with E-state index in [1.807, 2.05) is 0 Å². The van der Waals surface area contributed by atoms with E-state index in [9.17, 15) is 32.7 Å². The summed E-state index contributed by atoms with van der Waals surface area (Å²) in [5.41, 5.74) is -1.73. The highest BCUT2D eigenvalue weighted by Gasteiger charge is 2.31. The van der Waals surface area contributed by atoms with Gasteiger partial charge in [-0.15, -0.1) is 13.2 Å². The Kier molecular flexibility index (Phi) is 7.51. The third kappa shape index (κ3) is 6.11. The molecule has 36 heavy (non-hydrogen) atoms. The second-order valence-electron chi connectivity index (χ2n) is 7.42. The largest absolute Gasteiger partial charge is 0.573 e. The molecule has 1 heterocycles. The van der Waals surface area contributed by atoms with Crippen molar-refractivity contribution in [2.75, 3.05) is 11.4 Å². The molecule has 0 bridgehead atoms. The first kappa shape index (κ1) is 26.1. The number of carboxylic acids is 1. The highest BCUT2D eigenvalue weighted by atomic mass is 19.4. The second kappa shape index (κ2) is 10.4. The number of alkyl halides is 3. The summed E-state index contributed by atoms with van der Waals surface area (Å²) < 4.78 is 57.8. The molecule has 9 nitrogen and oxygen atoms in total. The molecular formula is C23H19F4N3O6. The van der Waals surface area contributed by atoms with E-state index in [1.54, 1.807) is 0 Å². The average Bonchev–Trinajstić information content (AvgIpc) is 2.78. The van der Waals surface area contributed by atoms with Crippen LogP contribution in [0.2, 0.25) is 0 Å². The summed E-state index contributed by atoms with van der Waals surface area (Å²) in [5, 5.41) is 21.4. The number of carbonyl (C=O) groups excluding carboxylic acids is 1. The first-order valence-corrected chi connectivity index (χ1v) is 10.2. The number of nitrogens with one attached hydrogen (secondary N) is 1. The first-order valence-electron chi connectivity index (χ1n) is 10.2. The maximum Gasteiger partial charge on any atom is 0.573 e. The number of aromatic nitrogens is 1. The van der Waals surface area contributed by atoms with E-state index in [1.165, 1.54) is 31.4 Å². The van der Waals surface area contributed by atoms with Crippen molar-refractivity contribution >= 4 is 23.4 Å². The minimum absolute atomic E-state index is 0.148. The SMILES string of the molecule is Cn1ccc(O)c(N(C(=O)NCCC(=O)O)c2cc(-c3cccc(OC(F)(F)F)c3)ccc2F)c1=O. The van der Waals surface area contributed by atoms with Gasteiger partial charge in [0.2, 0.25) is 0 Å². The standard InChI is InChI=1S/C23H19F4N3O6/c1-29-10-8-18(31)20(21(29)34)30(22(35)28-9-7-19(32)33)17-12-14(5-6-16(17)24)13-3-2-4-15(11-13)36-23(25,26)27/h2-6,8,10-12,31H,7,9H2,1H3,(H,28,35)(H,32,33). The van der Waals surface area contributed by atoms with E-state index >= 15 is 4.39 Å². The van der Waals surface area contributed by atoms with Crippen LogP contribution in [0.15, 0.2) is 59.5 Å². The number of carbonyl (C=O) groups is 2. The Morgan fingerprint density at radius 2 is 1.81 bits per heavy atom. The van der Waals surface area contributed by atoms with Gasteiger partial charge in [0.25, 0.3) is 5.56 Å². The summed E-state index contributed by atoms with van der Waals surface area (Å²) in [7, 11) is 1.32. The number of aromatic hydroxyl groups is 1. The van der Waals surface area contributed by atoms with Crippen molar-refractivity contribution in [3.8, 4) is 22.6 Å². The molecule has 0 aliphatic rings. The molecule has 0 saturated heterocycles. The van der Waals surface area contributed by atoms with Gasteiger partial charge in [0.15, 0.2) is 5.69 Å². The summed E-state index contributed by atoms with van der Waals surface area (Å²) in [5.74, 6) is -3.45. The van der Waals surface area contributed by atoms with Crippen LogP contribution < -0.4 is 20.5 Å². The fraction of sp³-hybridized carbons (Fsp3) is 0.174. The van der Waals surface area contributed by atoms with Crippen molar-refractivity contribution in [2.24, 2.45) is 7.05 Å². The Labute approximate surface area is 200 Å². The second-order valence-corrected chi connectivity index (χ2v) is 7.42. The van der Waals surface area contributed by atoms with E-state index in [-0.39, 0.29) is 17.7 Å². The van der Waals surface area contributed by atoms with Gasteiger partial charge in [0.1, 0.15) is 17.3 Å². The molecule has 0 aliphatic carbocycles. The molecule has 0 fully saturated rings. The number of amides is 2. The molecule has 0 spiro atoms. The Hall–Kier alpha value is -4.55. The first-order chi connectivity index (χ1) is 16.9. The van der Waals surface area contributed by atoms with Gasteiger partial charge in [-0.2, -0.15) is 0 Å². The van der Waals surface area contributed by atoms with Crippen LogP contribution in [0.1, 0.15) is 6.42 Å². The summed E-state index contributed by atoms with van der Waals surface area (Å²) in [6.07, 6.45) is -4.21. The summed E-state index contributed by atoms with van der Waals surface area (Å²) >= 11 is 0. The van der Waals surface area contributed by atoms with E-state index in [0.717, 1.165) is 34.9 Å². The fourth-order valence-corrected chi connectivity index (χ4v) is 3.24. The molecule has 3 N–H and O–H groups in total. The maximum atomic E-state index is 15.0. The van der Waals surface area contributed by atoms with Gasteiger partial charge in [-0.1, -0.05) is 18.2 Å². The minimum Gasteiger partial charge on any atom is -0.505 e. The van der Waals surface area contributed by atoms with Crippen molar-refractivity contribution in [1.82, 2.24) is 9.88 Å². The number of urea groups is 1. The zero-order valence-corrected chi connectivity index (χ0v) is 18.5. The molecule has 0 radical (unpaired) electrons. The third-order valence-electron chi connectivity index (χ3n) is 4.85. The number of nitrogens with zero attached hydrogens (tertiary/aromatic N) is 2. The van der Waals surface area contributed by atoms with E-state index in [0.29, 0.717) is 4.90 Å². The van der Waals surface area contributed by atoms with Gasteiger partial charge in [-0.05, 0) is 41.5 Å². The van der Waals surface area contributed by atoms with Gasteiger partial charge in [-0.3, -0.25) is 14.5 Å². The van der Waals surface area contributed by atoms with Crippen LogP contribution >= 0.6 is 0 Å². The van der Waals surface area contributed by atoms with Crippen LogP contribution in [0.5, 0.6) is 11.5 Å². The average molecular weight is 509 g/mol. The number of aryl methyl sites for hydroxylation is 1. The van der Waals surface area contributed by atoms with Gasteiger partial charge in [0.05, 0.1) is 12.1 Å². The number of anilines is 2. The van der Waals surface area contributed by atoms with Crippen molar-refractivity contribution in [3.05, 3.63) is 70.9 Å². The number of pyridine rings is 1. The zero-order chi connectivity index (χ0) is 26.6. The Morgan fingerprint density at radius 1 is 1.11 bits per heavy atom. The lowest BCUT2D eigenvalue weighted by atomic mass is 10.0. The van der Waals surface area contributed by atoms with Crippen molar-refractivity contribution in [2.45, 2.75) is 12.8 Å². The number of carboxylic acid groups (broad SMARTS) is 1. The molecular weight excluding hydrogens is 490 g/mol. The third-order valence-corrected chi connectivity index (χ3v) is 4.85. The number of halogens is 4. The van der Waals surface area contributed by atoms with Crippen LogP contribution in [0.25, 0.3) is 11.1 Å². The van der Waals surface area contributed by atoms with Gasteiger partial charge in [0, 0.05) is 19.8 Å². The molecule has 3 aromatic rings. The predicted molar refractivity (Wildman–Crippen MR) is 120 cm³/mol. The number of hydrogen-bond donors (Lipinski definition) is 3. The number of benzene rings is 2. The molecule has 0 atom stereocenters. The molecule has 3 rings (SSSR count). The van der Waals surface area contributed by atoms with E-state index < -0.39 is 59.0 Å². The van der Waals surface area contributed by atoms with E-state index in [4.69, 9.17) is 5.11 Å². The quantitative estimate of drug-likeness (QED) is 0.412. The monoisotopic (exact) mass is 509 g/mol. The molecule has 1 aromatic heterocycles. The van der Waals surface area contributed by atoms with Crippen molar-refractivity contribution in [1.29, 1.82) is 0 Å². The molecule has 190 valence electrons. The number of rotatable bonds is 7. The molecule has 2 amide bonds. The Morgan fingerprint density at radius 3 is 2.47 bits per heavy atom. The highest BCUT2D eigenvalue weighted by molar-refractivity contribution is 6.01. The van der Waals surface area contributed by atoms with Crippen LogP contribution in [-0.2, 0) is 11.8 Å². The summed E-state index contributed by atoms with van der Waals surface area (Å²) in [6.45, 7) is -0.378. The molecule has 0 saturated carbocycles. The van der Waals surface area contributed by atoms with Crippen LogP contribution in [0.4, 0.5) is 33.7 Å². The number of hydrogen-bond acceptors (Lipinski definition) is 5. The molecule has 2 aromatic carbocycles. The zero-order valence-electron chi connectivity index (χ0n) is 18.5. The van der Waals surface area contributed by atoms with Gasteiger partial charge >= 0.3 is 18.4 Å². The lowest BCUT2D eigenvalue weighted by Crippen LogP contribution is -2.41. The predicted octanol–water partition coefficient (Wildman–Crippen LogP) is 4.12. The molecule has 13 heteroatoms. The Balaban J connectivity index is 2.13.